The highest BCUT2D eigenvalue weighted by atomic mass is 35.5. The molecule has 0 bridgehead atoms. The second kappa shape index (κ2) is 4.78. The van der Waals surface area contributed by atoms with Crippen LogP contribution >= 0.6 is 11.6 Å². The van der Waals surface area contributed by atoms with Crippen LogP contribution in [-0.4, -0.2) is 16.8 Å². The van der Waals surface area contributed by atoms with Gasteiger partial charge in [0.2, 0.25) is 0 Å². The standard InChI is InChI=1S/C17H15ClN2O/c18-12-7-5-11(6-8-12)16-19-15-4-2-1-3-14(15)17(21)20(16)13-9-10-13/h1-8,13,16,19H,9-10H2. The van der Waals surface area contributed by atoms with E-state index >= 15 is 0 Å². The Bertz CT molecular complexity index is 694. The summed E-state index contributed by atoms with van der Waals surface area (Å²) in [6.07, 6.45) is 2.05. The highest BCUT2D eigenvalue weighted by Gasteiger charge is 2.41. The van der Waals surface area contributed by atoms with Gasteiger partial charge in [-0.25, -0.2) is 0 Å². The molecule has 1 heterocycles. The lowest BCUT2D eigenvalue weighted by atomic mass is 10.0. The first-order chi connectivity index (χ1) is 10.2. The lowest BCUT2D eigenvalue weighted by Gasteiger charge is -2.38. The molecule has 2 aromatic rings. The number of benzene rings is 2. The molecule has 0 radical (unpaired) electrons. The summed E-state index contributed by atoms with van der Waals surface area (Å²) in [4.78, 5) is 14.8. The van der Waals surface area contributed by atoms with Gasteiger partial charge in [-0.2, -0.15) is 0 Å². The summed E-state index contributed by atoms with van der Waals surface area (Å²) in [5.74, 6) is 0.117. The van der Waals surface area contributed by atoms with Crippen molar-refractivity contribution in [2.45, 2.75) is 25.0 Å². The van der Waals surface area contributed by atoms with Crippen LogP contribution in [0.1, 0.15) is 34.9 Å². The van der Waals surface area contributed by atoms with Gasteiger partial charge in [0.25, 0.3) is 5.91 Å². The number of para-hydroxylation sites is 1. The van der Waals surface area contributed by atoms with Gasteiger partial charge in [0.15, 0.2) is 0 Å². The Morgan fingerprint density at radius 3 is 2.48 bits per heavy atom. The number of rotatable bonds is 2. The normalized spacial score (nSPS) is 20.9. The molecule has 0 aromatic heterocycles. The third kappa shape index (κ3) is 2.18. The Morgan fingerprint density at radius 1 is 1.05 bits per heavy atom. The molecular formula is C17H15ClN2O. The minimum Gasteiger partial charge on any atom is -0.361 e. The van der Waals surface area contributed by atoms with Crippen molar-refractivity contribution in [3.8, 4) is 0 Å². The van der Waals surface area contributed by atoms with Gasteiger partial charge in [-0.15, -0.1) is 0 Å². The number of halogens is 1. The number of nitrogens with zero attached hydrogens (tertiary/aromatic N) is 1. The monoisotopic (exact) mass is 298 g/mol. The minimum atomic E-state index is -0.114. The molecule has 1 N–H and O–H groups in total. The van der Waals surface area contributed by atoms with Gasteiger partial charge in [0, 0.05) is 16.8 Å². The number of hydrogen-bond donors (Lipinski definition) is 1. The zero-order valence-electron chi connectivity index (χ0n) is 11.4. The molecule has 21 heavy (non-hydrogen) atoms. The highest BCUT2D eigenvalue weighted by molar-refractivity contribution is 6.30. The number of anilines is 1. The van der Waals surface area contributed by atoms with Crippen molar-refractivity contribution in [1.29, 1.82) is 0 Å². The van der Waals surface area contributed by atoms with E-state index in [9.17, 15) is 4.79 Å². The molecule has 1 atom stereocenters. The van der Waals surface area contributed by atoms with Gasteiger partial charge in [-0.1, -0.05) is 35.9 Å². The fourth-order valence-electron chi connectivity index (χ4n) is 2.89. The first-order valence-electron chi connectivity index (χ1n) is 7.18. The van der Waals surface area contributed by atoms with Crippen molar-refractivity contribution in [2.24, 2.45) is 0 Å². The molecule has 1 aliphatic carbocycles. The predicted molar refractivity (Wildman–Crippen MR) is 83.4 cm³/mol. The summed E-state index contributed by atoms with van der Waals surface area (Å²) in [5, 5.41) is 4.20. The van der Waals surface area contributed by atoms with Crippen LogP contribution < -0.4 is 5.32 Å². The van der Waals surface area contributed by atoms with Crippen molar-refractivity contribution < 1.29 is 4.79 Å². The number of nitrogens with one attached hydrogen (secondary N) is 1. The van der Waals surface area contributed by atoms with Crippen LogP contribution in [0.3, 0.4) is 0 Å². The van der Waals surface area contributed by atoms with Crippen molar-refractivity contribution in [2.75, 3.05) is 5.32 Å². The molecule has 3 nitrogen and oxygen atoms in total. The van der Waals surface area contributed by atoms with Gasteiger partial charge < -0.3 is 10.2 Å². The molecular weight excluding hydrogens is 284 g/mol. The van der Waals surface area contributed by atoms with E-state index < -0.39 is 0 Å². The molecule has 2 aromatic carbocycles. The van der Waals surface area contributed by atoms with Crippen LogP contribution in [0.4, 0.5) is 5.69 Å². The fraction of sp³-hybridized carbons (Fsp3) is 0.235. The Balaban J connectivity index is 1.78. The zero-order valence-corrected chi connectivity index (χ0v) is 12.2. The largest absolute Gasteiger partial charge is 0.361 e. The maximum Gasteiger partial charge on any atom is 0.258 e. The summed E-state index contributed by atoms with van der Waals surface area (Å²) < 4.78 is 0. The van der Waals surface area contributed by atoms with E-state index in [0.29, 0.717) is 11.1 Å². The van der Waals surface area contributed by atoms with E-state index in [1.54, 1.807) is 0 Å². The summed E-state index contributed by atoms with van der Waals surface area (Å²) in [6, 6.07) is 15.8. The van der Waals surface area contributed by atoms with Crippen LogP contribution in [-0.2, 0) is 0 Å². The molecule has 4 rings (SSSR count). The SMILES string of the molecule is O=C1c2ccccc2NC(c2ccc(Cl)cc2)N1C1CC1. The van der Waals surface area contributed by atoms with Crippen LogP contribution in [0.25, 0.3) is 0 Å². The molecule has 106 valence electrons. The third-order valence-electron chi connectivity index (χ3n) is 4.09. The fourth-order valence-corrected chi connectivity index (χ4v) is 3.01. The lowest BCUT2D eigenvalue weighted by Crippen LogP contribution is -2.44. The Labute approximate surface area is 128 Å². The molecule has 1 amide bonds. The molecule has 0 saturated heterocycles. The van der Waals surface area contributed by atoms with E-state index in [4.69, 9.17) is 11.6 Å². The summed E-state index contributed by atoms with van der Waals surface area (Å²) in [6.45, 7) is 0. The Hall–Kier alpha value is -2.00. The van der Waals surface area contributed by atoms with E-state index in [1.807, 2.05) is 53.4 Å². The van der Waals surface area contributed by atoms with Crippen molar-refractivity contribution in [3.05, 3.63) is 64.7 Å². The van der Waals surface area contributed by atoms with Gasteiger partial charge in [-0.3, -0.25) is 4.79 Å². The maximum absolute atomic E-state index is 12.8. The van der Waals surface area contributed by atoms with Crippen molar-refractivity contribution in [3.63, 3.8) is 0 Å². The van der Waals surface area contributed by atoms with Crippen LogP contribution in [0, 0.1) is 0 Å². The third-order valence-corrected chi connectivity index (χ3v) is 4.34. The number of carbonyl (C=O) groups excluding carboxylic acids is 1. The first-order valence-corrected chi connectivity index (χ1v) is 7.55. The van der Waals surface area contributed by atoms with E-state index in [1.165, 1.54) is 0 Å². The lowest BCUT2D eigenvalue weighted by molar-refractivity contribution is 0.0666. The van der Waals surface area contributed by atoms with E-state index in [-0.39, 0.29) is 12.1 Å². The molecule has 1 aliphatic heterocycles. The van der Waals surface area contributed by atoms with Gasteiger partial charge in [-0.05, 0) is 42.7 Å². The highest BCUT2D eigenvalue weighted by Crippen LogP contribution is 2.40. The van der Waals surface area contributed by atoms with Crippen molar-refractivity contribution >= 4 is 23.2 Å². The average Bonchev–Trinajstić information content (AvgIpc) is 3.32. The van der Waals surface area contributed by atoms with Crippen LogP contribution in [0.5, 0.6) is 0 Å². The smallest absolute Gasteiger partial charge is 0.258 e. The zero-order chi connectivity index (χ0) is 14.4. The Morgan fingerprint density at radius 2 is 1.76 bits per heavy atom. The quantitative estimate of drug-likeness (QED) is 0.906. The first kappa shape index (κ1) is 12.7. The predicted octanol–water partition coefficient (Wildman–Crippen LogP) is 4.07. The van der Waals surface area contributed by atoms with Gasteiger partial charge in [0.1, 0.15) is 6.17 Å². The van der Waals surface area contributed by atoms with Crippen LogP contribution in [0.15, 0.2) is 48.5 Å². The number of hydrogen-bond acceptors (Lipinski definition) is 2. The Kier molecular flexibility index (Phi) is 2.89. The number of amides is 1. The maximum atomic E-state index is 12.8. The number of carbonyl (C=O) groups is 1. The molecule has 0 spiro atoms. The second-order valence-corrected chi connectivity index (χ2v) is 6.02. The molecule has 1 unspecified atom stereocenters. The van der Waals surface area contributed by atoms with E-state index in [2.05, 4.69) is 5.32 Å². The number of fused-ring (bicyclic) bond motifs is 1. The van der Waals surface area contributed by atoms with Crippen molar-refractivity contribution in [1.82, 2.24) is 4.90 Å². The molecule has 1 saturated carbocycles. The van der Waals surface area contributed by atoms with Gasteiger partial charge in [0.05, 0.1) is 5.56 Å². The summed E-state index contributed by atoms with van der Waals surface area (Å²) >= 11 is 5.97. The molecule has 4 heteroatoms. The molecule has 2 aliphatic rings. The summed E-state index contributed by atoms with van der Waals surface area (Å²) in [5.41, 5.74) is 2.73. The van der Waals surface area contributed by atoms with Gasteiger partial charge >= 0.3 is 0 Å². The topological polar surface area (TPSA) is 32.3 Å². The second-order valence-electron chi connectivity index (χ2n) is 5.59. The average molecular weight is 299 g/mol. The van der Waals surface area contributed by atoms with E-state index in [0.717, 1.165) is 29.7 Å². The minimum absolute atomic E-state index is 0.114. The summed E-state index contributed by atoms with van der Waals surface area (Å²) in [7, 11) is 0. The van der Waals surface area contributed by atoms with Crippen LogP contribution in [0.2, 0.25) is 5.02 Å². The molecule has 1 fully saturated rings.